The predicted molar refractivity (Wildman–Crippen MR) is 66.7 cm³/mol. The molecule has 1 aromatic heterocycles. The molecule has 1 aromatic rings. The Labute approximate surface area is 108 Å². The first-order valence-electron chi connectivity index (χ1n) is 5.28. The Morgan fingerprint density at radius 3 is 2.71 bits per heavy atom. The van der Waals surface area contributed by atoms with Crippen molar-refractivity contribution in [2.75, 3.05) is 20.2 Å². The van der Waals surface area contributed by atoms with Gasteiger partial charge in [-0.25, -0.2) is 0 Å². The topological polar surface area (TPSA) is 62.4 Å². The first-order valence-corrected chi connectivity index (χ1v) is 6.07. The lowest BCUT2D eigenvalue weighted by atomic mass is 10.3. The number of aromatic nitrogens is 1. The number of amides is 1. The van der Waals surface area contributed by atoms with Gasteiger partial charge in [-0.2, -0.15) is 0 Å². The van der Waals surface area contributed by atoms with Crippen LogP contribution in [0.2, 0.25) is 0 Å². The van der Waals surface area contributed by atoms with Crippen molar-refractivity contribution in [2.45, 2.75) is 13.3 Å². The zero-order valence-corrected chi connectivity index (χ0v) is 11.4. The molecule has 17 heavy (non-hydrogen) atoms. The fourth-order valence-corrected chi connectivity index (χ4v) is 1.75. The smallest absolute Gasteiger partial charge is 0.325 e. The van der Waals surface area contributed by atoms with Gasteiger partial charge in [-0.1, -0.05) is 6.92 Å². The molecule has 5 nitrogen and oxygen atoms in total. The Bertz CT molecular complexity index is 403. The van der Waals surface area contributed by atoms with E-state index >= 15 is 0 Å². The fourth-order valence-electron chi connectivity index (χ4n) is 1.40. The summed E-state index contributed by atoms with van der Waals surface area (Å²) in [5.41, 5.74) is 0.453. The van der Waals surface area contributed by atoms with E-state index in [9.17, 15) is 9.59 Å². The van der Waals surface area contributed by atoms with E-state index in [1.807, 2.05) is 6.92 Å². The second-order valence-electron chi connectivity index (χ2n) is 3.53. The molecule has 0 atom stereocenters. The third-order valence-corrected chi connectivity index (χ3v) is 2.66. The number of carbonyl (C=O) groups excluding carboxylic acids is 2. The van der Waals surface area contributed by atoms with Gasteiger partial charge in [0.15, 0.2) is 0 Å². The highest BCUT2D eigenvalue weighted by Crippen LogP contribution is 2.12. The highest BCUT2D eigenvalue weighted by atomic mass is 79.9. The van der Waals surface area contributed by atoms with Crippen LogP contribution in [0.5, 0.6) is 0 Å². The molecule has 1 heterocycles. The maximum Gasteiger partial charge on any atom is 0.325 e. The summed E-state index contributed by atoms with van der Waals surface area (Å²) in [6, 6.07) is 1.68. The molecule has 0 saturated carbocycles. The van der Waals surface area contributed by atoms with E-state index in [2.05, 4.69) is 25.7 Å². The number of carbonyl (C=O) groups is 2. The van der Waals surface area contributed by atoms with Crippen molar-refractivity contribution in [3.63, 3.8) is 0 Å². The quantitative estimate of drug-likeness (QED) is 0.844. The molecule has 0 bridgehead atoms. The van der Waals surface area contributed by atoms with Crippen LogP contribution in [0.15, 0.2) is 16.7 Å². The van der Waals surface area contributed by atoms with Crippen molar-refractivity contribution in [1.29, 1.82) is 0 Å². The summed E-state index contributed by atoms with van der Waals surface area (Å²) in [5.74, 6) is -0.625. The van der Waals surface area contributed by atoms with Crippen molar-refractivity contribution in [2.24, 2.45) is 0 Å². The predicted octanol–water partition coefficient (Wildman–Crippen LogP) is 1.80. The zero-order valence-electron chi connectivity index (χ0n) is 9.83. The first kappa shape index (κ1) is 13.8. The number of methoxy groups -OCH3 is 1. The maximum atomic E-state index is 12.1. The molecule has 1 N–H and O–H groups in total. The van der Waals surface area contributed by atoms with Crippen molar-refractivity contribution in [1.82, 2.24) is 9.88 Å². The van der Waals surface area contributed by atoms with Crippen LogP contribution in [0.3, 0.4) is 0 Å². The molecule has 0 aliphatic rings. The zero-order chi connectivity index (χ0) is 12.8. The minimum atomic E-state index is -0.419. The van der Waals surface area contributed by atoms with Gasteiger partial charge >= 0.3 is 5.97 Å². The molecule has 0 saturated heterocycles. The van der Waals surface area contributed by atoms with Gasteiger partial charge in [0.25, 0.3) is 5.91 Å². The Kier molecular flexibility index (Phi) is 5.21. The largest absolute Gasteiger partial charge is 0.468 e. The summed E-state index contributed by atoms with van der Waals surface area (Å²) in [5, 5.41) is 0. The second-order valence-corrected chi connectivity index (χ2v) is 4.45. The van der Waals surface area contributed by atoms with E-state index in [4.69, 9.17) is 0 Å². The molecule has 0 spiro atoms. The van der Waals surface area contributed by atoms with Crippen LogP contribution in [0, 0.1) is 0 Å². The number of ether oxygens (including phenoxy) is 1. The van der Waals surface area contributed by atoms with Crippen LogP contribution in [-0.2, 0) is 9.53 Å². The Morgan fingerprint density at radius 1 is 1.53 bits per heavy atom. The maximum absolute atomic E-state index is 12.1. The second kappa shape index (κ2) is 6.44. The molecule has 0 radical (unpaired) electrons. The number of hydrogen-bond acceptors (Lipinski definition) is 3. The van der Waals surface area contributed by atoms with Crippen molar-refractivity contribution < 1.29 is 14.3 Å². The van der Waals surface area contributed by atoms with E-state index in [0.717, 1.165) is 10.9 Å². The number of halogens is 1. The van der Waals surface area contributed by atoms with Crippen LogP contribution in [-0.4, -0.2) is 42.0 Å². The van der Waals surface area contributed by atoms with Gasteiger partial charge in [0, 0.05) is 17.2 Å². The van der Waals surface area contributed by atoms with Gasteiger partial charge in [0.1, 0.15) is 12.2 Å². The molecule has 0 aliphatic carbocycles. The molecule has 0 aliphatic heterocycles. The summed E-state index contributed by atoms with van der Waals surface area (Å²) in [4.78, 5) is 27.6. The van der Waals surface area contributed by atoms with E-state index in [-0.39, 0.29) is 12.5 Å². The Morgan fingerprint density at radius 2 is 2.24 bits per heavy atom. The lowest BCUT2D eigenvalue weighted by Gasteiger charge is -2.19. The summed E-state index contributed by atoms with van der Waals surface area (Å²) in [6.07, 6.45) is 2.46. The van der Waals surface area contributed by atoms with Crippen LogP contribution in [0.25, 0.3) is 0 Å². The monoisotopic (exact) mass is 302 g/mol. The molecule has 1 amide bonds. The average Bonchev–Trinajstić information content (AvgIpc) is 2.74. The first-order chi connectivity index (χ1) is 8.08. The summed E-state index contributed by atoms with van der Waals surface area (Å²) in [6.45, 7) is 2.44. The standard InChI is InChI=1S/C11H15BrN2O3/c1-3-4-14(7-10(15)17-2)11(16)9-5-8(12)6-13-9/h5-6,13H,3-4,7H2,1-2H3. The minimum absolute atomic E-state index is 0.0280. The molecule has 0 unspecified atom stereocenters. The summed E-state index contributed by atoms with van der Waals surface area (Å²) in [7, 11) is 1.31. The lowest BCUT2D eigenvalue weighted by Crippen LogP contribution is -2.36. The van der Waals surface area contributed by atoms with Gasteiger partial charge in [0.2, 0.25) is 0 Å². The van der Waals surface area contributed by atoms with Gasteiger partial charge < -0.3 is 14.6 Å². The molecule has 0 fully saturated rings. The number of nitrogens with zero attached hydrogens (tertiary/aromatic N) is 1. The molecule has 94 valence electrons. The third-order valence-electron chi connectivity index (χ3n) is 2.21. The summed E-state index contributed by atoms with van der Waals surface area (Å²) >= 11 is 3.26. The van der Waals surface area contributed by atoms with Gasteiger partial charge in [-0.15, -0.1) is 0 Å². The fraction of sp³-hybridized carbons (Fsp3) is 0.455. The molecule has 6 heteroatoms. The number of esters is 1. The van der Waals surface area contributed by atoms with Crippen LogP contribution >= 0.6 is 15.9 Å². The molecular weight excluding hydrogens is 288 g/mol. The number of aromatic amines is 1. The normalized spacial score (nSPS) is 10.1. The van der Waals surface area contributed by atoms with Crippen LogP contribution in [0.4, 0.5) is 0 Å². The Balaban J connectivity index is 2.76. The molecule has 1 rings (SSSR count). The van der Waals surface area contributed by atoms with Gasteiger partial charge in [-0.05, 0) is 28.4 Å². The molecule has 0 aromatic carbocycles. The highest BCUT2D eigenvalue weighted by Gasteiger charge is 2.19. The van der Waals surface area contributed by atoms with Crippen molar-refractivity contribution >= 4 is 27.8 Å². The average molecular weight is 303 g/mol. The molecular formula is C11H15BrN2O3. The van der Waals surface area contributed by atoms with E-state index in [1.54, 1.807) is 12.3 Å². The third kappa shape index (κ3) is 3.89. The SMILES string of the molecule is CCCN(CC(=O)OC)C(=O)c1cc(Br)c[nH]1. The number of nitrogens with one attached hydrogen (secondary N) is 1. The van der Waals surface area contributed by atoms with Crippen molar-refractivity contribution in [3.8, 4) is 0 Å². The van der Waals surface area contributed by atoms with Gasteiger partial charge in [-0.3, -0.25) is 9.59 Å². The van der Waals surface area contributed by atoms with E-state index in [0.29, 0.717) is 12.2 Å². The van der Waals surface area contributed by atoms with E-state index < -0.39 is 5.97 Å². The van der Waals surface area contributed by atoms with Crippen LogP contribution in [0.1, 0.15) is 23.8 Å². The highest BCUT2D eigenvalue weighted by molar-refractivity contribution is 9.10. The number of rotatable bonds is 5. The summed E-state index contributed by atoms with van der Waals surface area (Å²) < 4.78 is 5.37. The minimum Gasteiger partial charge on any atom is -0.468 e. The van der Waals surface area contributed by atoms with Crippen molar-refractivity contribution in [3.05, 3.63) is 22.4 Å². The van der Waals surface area contributed by atoms with E-state index in [1.165, 1.54) is 12.0 Å². The van der Waals surface area contributed by atoms with Crippen LogP contribution < -0.4 is 0 Å². The lowest BCUT2D eigenvalue weighted by molar-refractivity contribution is -0.141. The number of hydrogen-bond donors (Lipinski definition) is 1. The van der Waals surface area contributed by atoms with Gasteiger partial charge in [0.05, 0.1) is 7.11 Å². The Hall–Kier alpha value is -1.30. The number of H-pyrrole nitrogens is 1.